The summed E-state index contributed by atoms with van der Waals surface area (Å²) < 4.78 is 0. The maximum atomic E-state index is 2.12. The monoisotopic (exact) mass is 242 g/mol. The molecule has 2 aromatic rings. The lowest BCUT2D eigenvalue weighted by Gasteiger charge is -1.98. The van der Waals surface area contributed by atoms with Crippen LogP contribution in [0.4, 0.5) is 0 Å². The fraction of sp³-hybridized carbons (Fsp3) is 0.333. The van der Waals surface area contributed by atoms with Crippen LogP contribution in [-0.2, 0) is 0 Å². The summed E-state index contributed by atoms with van der Waals surface area (Å²) in [6.45, 7) is 8.50. The standard InChI is InChI=1S/C12H10.2C3H8/c1-3-7-11(8-4-1)12-9-5-2-6-10-12;2*1-3-2/h1-10H;2*3H2,1-2H3. The second-order valence-electron chi connectivity index (χ2n) is 4.15. The van der Waals surface area contributed by atoms with E-state index >= 15 is 0 Å². The Kier molecular flexibility index (Phi) is 10.9. The molecule has 18 heavy (non-hydrogen) atoms. The minimum absolute atomic E-state index is 1.25. The van der Waals surface area contributed by atoms with Crippen molar-refractivity contribution in [3.8, 4) is 11.1 Å². The Labute approximate surface area is 113 Å². The van der Waals surface area contributed by atoms with Gasteiger partial charge in [0.25, 0.3) is 0 Å². The molecule has 0 heterocycles. The molecule has 0 saturated carbocycles. The molecule has 0 bridgehead atoms. The molecule has 0 saturated heterocycles. The first-order valence-electron chi connectivity index (χ1n) is 6.90. The van der Waals surface area contributed by atoms with Gasteiger partial charge in [0.05, 0.1) is 0 Å². The Morgan fingerprint density at radius 1 is 0.500 bits per heavy atom. The van der Waals surface area contributed by atoms with E-state index in [0.717, 1.165) is 0 Å². The topological polar surface area (TPSA) is 0 Å². The van der Waals surface area contributed by atoms with Crippen LogP contribution in [0, 0.1) is 0 Å². The van der Waals surface area contributed by atoms with E-state index in [1.54, 1.807) is 0 Å². The van der Waals surface area contributed by atoms with E-state index in [1.807, 2.05) is 12.1 Å². The van der Waals surface area contributed by atoms with E-state index in [0.29, 0.717) is 0 Å². The Morgan fingerprint density at radius 3 is 0.944 bits per heavy atom. The molecular formula is C18H26. The summed E-state index contributed by atoms with van der Waals surface area (Å²) in [5.74, 6) is 0. The highest BCUT2D eigenvalue weighted by molar-refractivity contribution is 5.62. The maximum Gasteiger partial charge on any atom is -0.0184 e. The van der Waals surface area contributed by atoms with Gasteiger partial charge in [0.2, 0.25) is 0 Å². The highest BCUT2D eigenvalue weighted by atomic mass is 14.0. The van der Waals surface area contributed by atoms with Crippen molar-refractivity contribution in [2.75, 3.05) is 0 Å². The summed E-state index contributed by atoms with van der Waals surface area (Å²) in [6.07, 6.45) is 2.50. The Hall–Kier alpha value is -1.56. The van der Waals surface area contributed by atoms with E-state index in [9.17, 15) is 0 Å². The van der Waals surface area contributed by atoms with Crippen LogP contribution in [-0.4, -0.2) is 0 Å². The number of hydrogen-bond acceptors (Lipinski definition) is 0. The van der Waals surface area contributed by atoms with Gasteiger partial charge in [-0.15, -0.1) is 0 Å². The number of hydrogen-bond donors (Lipinski definition) is 0. The second-order valence-corrected chi connectivity index (χ2v) is 4.15. The molecule has 0 aliphatic carbocycles. The van der Waals surface area contributed by atoms with Gasteiger partial charge >= 0.3 is 0 Å². The van der Waals surface area contributed by atoms with Crippen molar-refractivity contribution in [2.45, 2.75) is 40.5 Å². The van der Waals surface area contributed by atoms with Crippen LogP contribution < -0.4 is 0 Å². The molecule has 0 fully saturated rings. The predicted molar refractivity (Wildman–Crippen MR) is 83.8 cm³/mol. The largest absolute Gasteiger partial charge is 0.0656 e. The first-order valence-corrected chi connectivity index (χ1v) is 6.90. The number of rotatable bonds is 1. The van der Waals surface area contributed by atoms with Crippen LogP contribution in [0.2, 0.25) is 0 Å². The molecule has 0 atom stereocenters. The van der Waals surface area contributed by atoms with Gasteiger partial charge in [-0.05, 0) is 11.1 Å². The van der Waals surface area contributed by atoms with Crippen LogP contribution in [0.25, 0.3) is 11.1 Å². The van der Waals surface area contributed by atoms with Crippen molar-refractivity contribution in [1.82, 2.24) is 0 Å². The van der Waals surface area contributed by atoms with Gasteiger partial charge < -0.3 is 0 Å². The highest BCUT2D eigenvalue weighted by Crippen LogP contribution is 2.17. The maximum absolute atomic E-state index is 2.12. The van der Waals surface area contributed by atoms with E-state index < -0.39 is 0 Å². The zero-order chi connectivity index (χ0) is 13.6. The third kappa shape index (κ3) is 7.67. The van der Waals surface area contributed by atoms with Gasteiger partial charge in [0, 0.05) is 0 Å². The molecule has 0 aliphatic rings. The van der Waals surface area contributed by atoms with Crippen LogP contribution in [0.15, 0.2) is 60.7 Å². The molecule has 0 N–H and O–H groups in total. The normalized spacial score (nSPS) is 8.44. The molecule has 0 heteroatoms. The summed E-state index contributed by atoms with van der Waals surface area (Å²) in [5, 5.41) is 0. The molecule has 0 nitrogen and oxygen atoms in total. The van der Waals surface area contributed by atoms with Gasteiger partial charge in [-0.2, -0.15) is 0 Å². The molecule has 0 radical (unpaired) electrons. The molecule has 0 amide bonds. The molecule has 2 rings (SSSR count). The highest BCUT2D eigenvalue weighted by Gasteiger charge is 1.91. The van der Waals surface area contributed by atoms with Gasteiger partial charge in [-0.1, -0.05) is 101 Å². The molecule has 0 aliphatic heterocycles. The van der Waals surface area contributed by atoms with Gasteiger partial charge in [-0.25, -0.2) is 0 Å². The van der Waals surface area contributed by atoms with Crippen molar-refractivity contribution in [1.29, 1.82) is 0 Å². The smallest absolute Gasteiger partial charge is 0.0184 e. The van der Waals surface area contributed by atoms with E-state index in [4.69, 9.17) is 0 Å². The summed E-state index contributed by atoms with van der Waals surface area (Å²) in [6, 6.07) is 20.8. The Morgan fingerprint density at radius 2 is 0.722 bits per heavy atom. The minimum Gasteiger partial charge on any atom is -0.0656 e. The first-order chi connectivity index (χ1) is 8.79. The predicted octanol–water partition coefficient (Wildman–Crippen LogP) is 6.19. The van der Waals surface area contributed by atoms with Crippen molar-refractivity contribution in [2.24, 2.45) is 0 Å². The Balaban J connectivity index is 0.000000414. The van der Waals surface area contributed by atoms with Crippen LogP contribution in [0.5, 0.6) is 0 Å². The van der Waals surface area contributed by atoms with E-state index in [-0.39, 0.29) is 0 Å². The zero-order valence-electron chi connectivity index (χ0n) is 12.2. The molecule has 0 aromatic heterocycles. The fourth-order valence-electron chi connectivity index (χ4n) is 1.26. The lowest BCUT2D eigenvalue weighted by Crippen LogP contribution is -1.73. The van der Waals surface area contributed by atoms with Crippen molar-refractivity contribution in [3.63, 3.8) is 0 Å². The zero-order valence-corrected chi connectivity index (χ0v) is 12.2. The van der Waals surface area contributed by atoms with Crippen molar-refractivity contribution >= 4 is 0 Å². The molecular weight excluding hydrogens is 216 g/mol. The van der Waals surface area contributed by atoms with Gasteiger partial charge in [-0.3, -0.25) is 0 Å². The first kappa shape index (κ1) is 16.4. The van der Waals surface area contributed by atoms with Crippen LogP contribution in [0.3, 0.4) is 0 Å². The lowest BCUT2D eigenvalue weighted by atomic mass is 10.1. The summed E-state index contributed by atoms with van der Waals surface area (Å²) >= 11 is 0. The van der Waals surface area contributed by atoms with Gasteiger partial charge in [0.1, 0.15) is 0 Å². The Bertz CT molecular complexity index is 322. The summed E-state index contributed by atoms with van der Waals surface area (Å²) in [5.41, 5.74) is 2.55. The average molecular weight is 242 g/mol. The second kappa shape index (κ2) is 11.9. The molecule has 2 aromatic carbocycles. The summed E-state index contributed by atoms with van der Waals surface area (Å²) in [4.78, 5) is 0. The summed E-state index contributed by atoms with van der Waals surface area (Å²) in [7, 11) is 0. The molecule has 98 valence electrons. The van der Waals surface area contributed by atoms with Crippen molar-refractivity contribution < 1.29 is 0 Å². The third-order valence-corrected chi connectivity index (χ3v) is 1.88. The lowest BCUT2D eigenvalue weighted by molar-refractivity contribution is 1.09. The van der Waals surface area contributed by atoms with E-state index in [2.05, 4.69) is 76.2 Å². The SMILES string of the molecule is CCC.CCC.c1ccc(-c2ccccc2)cc1. The molecule has 0 unspecified atom stereocenters. The fourth-order valence-corrected chi connectivity index (χ4v) is 1.26. The average Bonchev–Trinajstić information content (AvgIpc) is 2.43. The quantitative estimate of drug-likeness (QED) is 0.559. The van der Waals surface area contributed by atoms with Crippen molar-refractivity contribution in [3.05, 3.63) is 60.7 Å². The van der Waals surface area contributed by atoms with E-state index in [1.165, 1.54) is 24.0 Å². The number of benzene rings is 2. The third-order valence-electron chi connectivity index (χ3n) is 1.88. The van der Waals surface area contributed by atoms with Crippen LogP contribution in [0.1, 0.15) is 40.5 Å². The minimum atomic E-state index is 1.25. The molecule has 0 spiro atoms. The van der Waals surface area contributed by atoms with Crippen LogP contribution >= 0.6 is 0 Å². The van der Waals surface area contributed by atoms with Gasteiger partial charge in [0.15, 0.2) is 0 Å².